The quantitative estimate of drug-likeness (QED) is 0.416. The number of benzene rings is 2. The summed E-state index contributed by atoms with van der Waals surface area (Å²) >= 11 is 0. The van der Waals surface area contributed by atoms with Crippen LogP contribution in [0.3, 0.4) is 0 Å². The molecule has 0 bridgehead atoms. The molecule has 1 aliphatic rings. The second kappa shape index (κ2) is 11.2. The van der Waals surface area contributed by atoms with Crippen molar-refractivity contribution in [1.82, 2.24) is 14.8 Å². The van der Waals surface area contributed by atoms with Crippen molar-refractivity contribution in [2.24, 2.45) is 4.99 Å². The van der Waals surface area contributed by atoms with Gasteiger partial charge in [0.05, 0.1) is 11.4 Å². The van der Waals surface area contributed by atoms with Gasteiger partial charge >= 0.3 is 0 Å². The minimum Gasteiger partial charge on any atom is -0.388 e. The van der Waals surface area contributed by atoms with E-state index in [0.717, 1.165) is 60.0 Å². The zero-order valence-electron chi connectivity index (χ0n) is 22.6. The molecular formula is C29H40N6O. The van der Waals surface area contributed by atoms with Crippen molar-refractivity contribution in [1.29, 1.82) is 0 Å². The summed E-state index contributed by atoms with van der Waals surface area (Å²) in [5.41, 5.74) is 6.42. The van der Waals surface area contributed by atoms with E-state index in [4.69, 9.17) is 4.99 Å². The van der Waals surface area contributed by atoms with Crippen molar-refractivity contribution in [3.05, 3.63) is 65.2 Å². The van der Waals surface area contributed by atoms with E-state index in [1.165, 1.54) is 5.69 Å². The Hall–Kier alpha value is -3.19. The minimum absolute atomic E-state index is 0.177. The Bertz CT molecular complexity index is 1180. The molecule has 7 nitrogen and oxygen atoms in total. The molecule has 0 radical (unpaired) electrons. The Labute approximate surface area is 215 Å². The van der Waals surface area contributed by atoms with E-state index < -0.39 is 0 Å². The van der Waals surface area contributed by atoms with Gasteiger partial charge in [0.1, 0.15) is 13.2 Å². The van der Waals surface area contributed by atoms with Crippen LogP contribution in [0.15, 0.2) is 47.5 Å². The summed E-state index contributed by atoms with van der Waals surface area (Å²) in [6.45, 7) is 15.7. The van der Waals surface area contributed by atoms with Gasteiger partial charge in [-0.3, -0.25) is 9.56 Å². The number of nitrogens with zero attached hydrogens (tertiary/aromatic N) is 6. The molecule has 0 unspecified atom stereocenters. The highest BCUT2D eigenvalue weighted by Gasteiger charge is 2.28. The van der Waals surface area contributed by atoms with Gasteiger partial charge < -0.3 is 14.9 Å². The van der Waals surface area contributed by atoms with Gasteiger partial charge in [-0.15, -0.1) is 10.2 Å². The fraction of sp³-hybridized carbons (Fsp3) is 0.483. The number of aliphatic hydroxyl groups is 1. The highest BCUT2D eigenvalue weighted by Crippen LogP contribution is 2.35. The Kier molecular flexibility index (Phi) is 8.09. The molecule has 4 rings (SSSR count). The summed E-state index contributed by atoms with van der Waals surface area (Å²) in [5, 5.41) is 18.6. The fourth-order valence-electron chi connectivity index (χ4n) is 5.37. The first-order valence-corrected chi connectivity index (χ1v) is 13.3. The van der Waals surface area contributed by atoms with Crippen LogP contribution < -0.4 is 9.80 Å². The Morgan fingerprint density at radius 2 is 1.58 bits per heavy atom. The summed E-state index contributed by atoms with van der Waals surface area (Å²) in [6.07, 6.45) is 2.25. The normalized spacial score (nSPS) is 12.9. The number of rotatable bonds is 10. The predicted octanol–water partition coefficient (Wildman–Crippen LogP) is 5.36. The molecule has 0 atom stereocenters. The molecule has 0 amide bonds. The molecule has 3 aromatic rings. The maximum atomic E-state index is 10.0. The third kappa shape index (κ3) is 4.89. The molecule has 0 saturated heterocycles. The van der Waals surface area contributed by atoms with Crippen LogP contribution in [0.25, 0.3) is 5.69 Å². The van der Waals surface area contributed by atoms with Gasteiger partial charge in [-0.2, -0.15) is 0 Å². The summed E-state index contributed by atoms with van der Waals surface area (Å²) in [4.78, 5) is 9.99. The first kappa shape index (κ1) is 25.9. The van der Waals surface area contributed by atoms with Crippen LogP contribution in [0.2, 0.25) is 0 Å². The number of fused-ring (bicyclic) bond motifs is 3. The molecule has 1 N–H and O–H groups in total. The van der Waals surface area contributed by atoms with Crippen molar-refractivity contribution >= 4 is 17.1 Å². The lowest BCUT2D eigenvalue weighted by molar-refractivity contribution is 0.268. The van der Waals surface area contributed by atoms with Crippen LogP contribution in [0, 0.1) is 0 Å². The average molecular weight is 489 g/mol. The second-order valence-corrected chi connectivity index (χ2v) is 9.99. The number of aliphatic imine (C=N–C) groups is 1. The summed E-state index contributed by atoms with van der Waals surface area (Å²) in [6, 6.07) is 15.8. The van der Waals surface area contributed by atoms with E-state index in [0.29, 0.717) is 24.5 Å². The SMILES string of the molecule is CCCN(CCC)c1ccc(C2=NCc3nnc(CO)n3-c3cccc(N(C(C)C)C(C)C)c32)cc1. The zero-order chi connectivity index (χ0) is 25.8. The molecule has 2 aromatic carbocycles. The Balaban J connectivity index is 1.90. The Morgan fingerprint density at radius 1 is 0.917 bits per heavy atom. The number of hydrogen-bond donors (Lipinski definition) is 1. The monoisotopic (exact) mass is 488 g/mol. The lowest BCUT2D eigenvalue weighted by Crippen LogP contribution is -2.38. The van der Waals surface area contributed by atoms with E-state index in [1.54, 1.807) is 0 Å². The summed E-state index contributed by atoms with van der Waals surface area (Å²) in [5.74, 6) is 1.27. The number of aromatic nitrogens is 3. The Morgan fingerprint density at radius 3 is 2.17 bits per heavy atom. The standard InChI is InChI=1S/C29H40N6O/c1-7-16-33(17-8-2)23-14-12-22(13-15-23)29-28-24(34(20(3)4)21(5)6)10-9-11-25(28)35-26(18-30-29)31-32-27(35)19-36/h9-15,20-21,36H,7-8,16-19H2,1-6H3. The van der Waals surface area contributed by atoms with Crippen LogP contribution >= 0.6 is 0 Å². The number of anilines is 2. The lowest BCUT2D eigenvalue weighted by atomic mass is 9.96. The maximum absolute atomic E-state index is 10.0. The highest BCUT2D eigenvalue weighted by atomic mass is 16.3. The van der Waals surface area contributed by atoms with Gasteiger partial charge in [-0.1, -0.05) is 32.0 Å². The lowest BCUT2D eigenvalue weighted by Gasteiger charge is -2.35. The van der Waals surface area contributed by atoms with Gasteiger partial charge in [-0.25, -0.2) is 0 Å². The number of hydrogen-bond acceptors (Lipinski definition) is 6. The van der Waals surface area contributed by atoms with Crippen LogP contribution in [0.5, 0.6) is 0 Å². The number of aliphatic hydroxyl groups excluding tert-OH is 1. The molecule has 36 heavy (non-hydrogen) atoms. The molecule has 0 spiro atoms. The average Bonchev–Trinajstić information content (AvgIpc) is 3.19. The molecule has 192 valence electrons. The largest absolute Gasteiger partial charge is 0.388 e. The van der Waals surface area contributed by atoms with E-state index >= 15 is 0 Å². The van der Waals surface area contributed by atoms with Crippen LogP contribution in [0.4, 0.5) is 11.4 Å². The van der Waals surface area contributed by atoms with Crippen molar-refractivity contribution in [3.63, 3.8) is 0 Å². The van der Waals surface area contributed by atoms with Crippen molar-refractivity contribution in [2.45, 2.75) is 79.6 Å². The van der Waals surface area contributed by atoms with E-state index in [1.807, 2.05) is 4.57 Å². The van der Waals surface area contributed by atoms with E-state index in [-0.39, 0.29) is 6.61 Å². The molecular weight excluding hydrogens is 448 g/mol. The molecule has 7 heteroatoms. The molecule has 2 heterocycles. The molecule has 0 fully saturated rings. The van der Waals surface area contributed by atoms with E-state index in [9.17, 15) is 5.11 Å². The minimum atomic E-state index is -0.177. The van der Waals surface area contributed by atoms with Crippen molar-refractivity contribution in [3.8, 4) is 5.69 Å². The van der Waals surface area contributed by atoms with Gasteiger partial charge in [0.2, 0.25) is 0 Å². The van der Waals surface area contributed by atoms with Gasteiger partial charge in [-0.05, 0) is 64.8 Å². The first-order chi connectivity index (χ1) is 17.4. The molecule has 0 aliphatic carbocycles. The van der Waals surface area contributed by atoms with Crippen LogP contribution in [-0.2, 0) is 13.2 Å². The van der Waals surface area contributed by atoms with Gasteiger partial charge in [0.25, 0.3) is 0 Å². The van der Waals surface area contributed by atoms with Gasteiger partial charge in [0.15, 0.2) is 11.6 Å². The third-order valence-corrected chi connectivity index (χ3v) is 6.70. The van der Waals surface area contributed by atoms with E-state index in [2.05, 4.69) is 104 Å². The summed E-state index contributed by atoms with van der Waals surface area (Å²) < 4.78 is 1.98. The fourth-order valence-corrected chi connectivity index (χ4v) is 5.37. The second-order valence-electron chi connectivity index (χ2n) is 9.99. The highest BCUT2D eigenvalue weighted by molar-refractivity contribution is 6.18. The molecule has 1 aromatic heterocycles. The zero-order valence-corrected chi connectivity index (χ0v) is 22.6. The maximum Gasteiger partial charge on any atom is 0.163 e. The van der Waals surface area contributed by atoms with Crippen molar-refractivity contribution < 1.29 is 5.11 Å². The smallest absolute Gasteiger partial charge is 0.163 e. The first-order valence-electron chi connectivity index (χ1n) is 13.3. The molecule has 1 aliphatic heterocycles. The van der Waals surface area contributed by atoms with Crippen LogP contribution in [0.1, 0.15) is 77.2 Å². The topological polar surface area (TPSA) is 69.8 Å². The van der Waals surface area contributed by atoms with Crippen LogP contribution in [-0.4, -0.2) is 50.8 Å². The van der Waals surface area contributed by atoms with Crippen molar-refractivity contribution in [2.75, 3.05) is 22.9 Å². The third-order valence-electron chi connectivity index (χ3n) is 6.70. The molecule has 0 saturated carbocycles. The predicted molar refractivity (Wildman–Crippen MR) is 149 cm³/mol. The summed E-state index contributed by atoms with van der Waals surface area (Å²) in [7, 11) is 0. The van der Waals surface area contributed by atoms with Gasteiger partial charge in [0, 0.05) is 47.7 Å².